The molecular weight excluding hydrogens is 548 g/mol. The van der Waals surface area contributed by atoms with Crippen LogP contribution in [0.3, 0.4) is 0 Å². The minimum atomic E-state index is -1.61. The van der Waals surface area contributed by atoms with Gasteiger partial charge in [0, 0.05) is 33.1 Å². The van der Waals surface area contributed by atoms with E-state index in [1.54, 1.807) is 34.1 Å². The van der Waals surface area contributed by atoms with Crippen LogP contribution in [0.25, 0.3) is 5.53 Å². The predicted molar refractivity (Wildman–Crippen MR) is 167 cm³/mol. The van der Waals surface area contributed by atoms with Crippen LogP contribution in [0, 0.1) is 0 Å². The molecule has 9 heteroatoms. The van der Waals surface area contributed by atoms with E-state index in [2.05, 4.69) is 16.9 Å². The SMILES string of the molecule is CCCN(CCc1ccccc1)C(=O)C(C)=[N+]=[N-].CCCN(CCc1ccccc1)C(=O)COS(=O)c1ccccc1. The zero-order valence-corrected chi connectivity index (χ0v) is 25.7. The Balaban J connectivity index is 0.000000307. The molecule has 0 spiro atoms. The van der Waals surface area contributed by atoms with Crippen LogP contribution in [0.2, 0.25) is 0 Å². The van der Waals surface area contributed by atoms with Gasteiger partial charge in [-0.3, -0.25) is 13.8 Å². The fourth-order valence-electron chi connectivity index (χ4n) is 4.10. The average Bonchev–Trinajstić information content (AvgIpc) is 3.04. The van der Waals surface area contributed by atoms with Crippen LogP contribution < -0.4 is 0 Å². The van der Waals surface area contributed by atoms with E-state index in [-0.39, 0.29) is 24.1 Å². The smallest absolute Gasteiger partial charge is 0.353 e. The van der Waals surface area contributed by atoms with Gasteiger partial charge in [-0.15, -0.1) is 0 Å². The Morgan fingerprint density at radius 3 is 1.67 bits per heavy atom. The van der Waals surface area contributed by atoms with Crippen LogP contribution in [0.4, 0.5) is 0 Å². The maximum absolute atomic E-state index is 12.4. The number of benzene rings is 3. The number of carbonyl (C=O) groups is 2. The molecule has 0 heterocycles. The number of carbonyl (C=O) groups excluding carboxylic acids is 2. The zero-order chi connectivity index (χ0) is 30.6. The minimum Gasteiger partial charge on any atom is -0.361 e. The number of nitrogens with zero attached hydrogens (tertiary/aromatic N) is 4. The molecule has 0 aliphatic heterocycles. The molecule has 0 saturated carbocycles. The first kappa shape index (κ1) is 34.3. The number of rotatable bonds is 15. The summed E-state index contributed by atoms with van der Waals surface area (Å²) >= 11 is -1.61. The van der Waals surface area contributed by atoms with Crippen molar-refractivity contribution in [3.8, 4) is 0 Å². The Hall–Kier alpha value is -3.91. The third-order valence-corrected chi connectivity index (χ3v) is 7.33. The van der Waals surface area contributed by atoms with Crippen LogP contribution in [-0.2, 0) is 37.7 Å². The van der Waals surface area contributed by atoms with Crippen molar-refractivity contribution in [2.24, 2.45) is 0 Å². The summed E-state index contributed by atoms with van der Waals surface area (Å²) in [6, 6.07) is 29.0. The van der Waals surface area contributed by atoms with E-state index in [1.165, 1.54) is 18.1 Å². The number of hydrogen-bond donors (Lipinski definition) is 0. The van der Waals surface area contributed by atoms with Crippen molar-refractivity contribution in [1.82, 2.24) is 9.80 Å². The second-order valence-corrected chi connectivity index (χ2v) is 10.8. The van der Waals surface area contributed by atoms with Gasteiger partial charge in [0.25, 0.3) is 0 Å². The van der Waals surface area contributed by atoms with Gasteiger partial charge < -0.3 is 15.3 Å². The van der Waals surface area contributed by atoms with Crippen LogP contribution in [0.15, 0.2) is 95.9 Å². The molecule has 0 fully saturated rings. The average molecular weight is 591 g/mol. The molecule has 0 N–H and O–H groups in total. The highest BCUT2D eigenvalue weighted by Crippen LogP contribution is 2.08. The Bertz CT molecular complexity index is 1280. The monoisotopic (exact) mass is 590 g/mol. The van der Waals surface area contributed by atoms with Gasteiger partial charge in [0.2, 0.25) is 5.91 Å². The topological polar surface area (TPSA) is 103 Å². The highest BCUT2D eigenvalue weighted by molar-refractivity contribution is 7.80. The van der Waals surface area contributed by atoms with Crippen LogP contribution >= 0.6 is 0 Å². The fourth-order valence-corrected chi connectivity index (χ4v) is 4.82. The quantitative estimate of drug-likeness (QED) is 0.135. The van der Waals surface area contributed by atoms with Gasteiger partial charge in [0.1, 0.15) is 6.61 Å². The predicted octanol–water partition coefficient (Wildman–Crippen LogP) is 5.37. The van der Waals surface area contributed by atoms with E-state index in [4.69, 9.17) is 9.71 Å². The lowest BCUT2D eigenvalue weighted by molar-refractivity contribution is -0.133. The largest absolute Gasteiger partial charge is 0.361 e. The summed E-state index contributed by atoms with van der Waals surface area (Å²) in [5.41, 5.74) is 11.2. The van der Waals surface area contributed by atoms with Crippen molar-refractivity contribution >= 4 is 28.6 Å². The lowest BCUT2D eigenvalue weighted by Gasteiger charge is -2.22. The first-order valence-electron chi connectivity index (χ1n) is 14.3. The maximum Gasteiger partial charge on any atom is 0.353 e. The molecule has 3 aromatic carbocycles. The number of amides is 2. The van der Waals surface area contributed by atoms with E-state index in [9.17, 15) is 13.8 Å². The van der Waals surface area contributed by atoms with Crippen molar-refractivity contribution in [2.75, 3.05) is 32.8 Å². The normalized spacial score (nSPS) is 10.9. The van der Waals surface area contributed by atoms with Crippen molar-refractivity contribution in [3.05, 3.63) is 108 Å². The Labute approximate surface area is 252 Å². The highest BCUT2D eigenvalue weighted by atomic mass is 32.2. The first-order chi connectivity index (χ1) is 20.4. The van der Waals surface area contributed by atoms with Gasteiger partial charge in [-0.25, -0.2) is 4.21 Å². The van der Waals surface area contributed by atoms with Crippen molar-refractivity contribution < 1.29 is 22.8 Å². The fraction of sp³-hybridized carbons (Fsp3) is 0.364. The summed E-state index contributed by atoms with van der Waals surface area (Å²) in [6.07, 6.45) is 3.38. The molecule has 0 aliphatic rings. The molecule has 1 atom stereocenters. The summed E-state index contributed by atoms with van der Waals surface area (Å²) in [7, 11) is 0. The summed E-state index contributed by atoms with van der Waals surface area (Å²) < 4.78 is 17.3. The molecular formula is C33H42N4O4S. The molecule has 0 radical (unpaired) electrons. The Morgan fingerprint density at radius 2 is 1.19 bits per heavy atom. The van der Waals surface area contributed by atoms with E-state index in [0.29, 0.717) is 31.1 Å². The molecule has 0 bridgehead atoms. The molecule has 8 nitrogen and oxygen atoms in total. The van der Waals surface area contributed by atoms with Gasteiger partial charge in [-0.2, -0.15) is 4.79 Å². The third-order valence-electron chi connectivity index (χ3n) is 6.34. The number of hydrogen-bond acceptors (Lipinski definition) is 4. The van der Waals surface area contributed by atoms with Gasteiger partial charge in [0.05, 0.1) is 4.90 Å². The van der Waals surface area contributed by atoms with E-state index >= 15 is 0 Å². The van der Waals surface area contributed by atoms with Crippen LogP contribution in [-0.4, -0.2) is 69.1 Å². The molecule has 224 valence electrons. The summed E-state index contributed by atoms with van der Waals surface area (Å²) in [6.45, 7) is 8.04. The molecule has 0 aromatic heterocycles. The maximum atomic E-state index is 12.4. The Kier molecular flexibility index (Phi) is 16.4. The molecule has 1 unspecified atom stereocenters. The highest BCUT2D eigenvalue weighted by Gasteiger charge is 2.21. The van der Waals surface area contributed by atoms with E-state index in [1.807, 2.05) is 68.4 Å². The van der Waals surface area contributed by atoms with Crippen LogP contribution in [0.1, 0.15) is 44.7 Å². The van der Waals surface area contributed by atoms with Gasteiger partial charge in [0.15, 0.2) is 11.1 Å². The van der Waals surface area contributed by atoms with Gasteiger partial charge >= 0.3 is 11.6 Å². The Morgan fingerprint density at radius 1 is 0.738 bits per heavy atom. The molecule has 42 heavy (non-hydrogen) atoms. The minimum absolute atomic E-state index is 0.128. The molecule has 2 amide bonds. The standard InChI is InChI=1S/C19H23NO3S.C14H19N3O/c1-2-14-20(15-13-17-9-5-3-6-10-17)19(21)16-23-24(22)18-11-7-4-8-12-18;1-3-10-17(14(18)12(2)16-15)11-9-13-7-5-4-6-8-13/h3-12H,2,13-16H2,1H3;4-8H,3,9-11H2,1-2H3. The lowest BCUT2D eigenvalue weighted by atomic mass is 10.1. The van der Waals surface area contributed by atoms with Crippen LogP contribution in [0.5, 0.6) is 0 Å². The second-order valence-electron chi connectivity index (χ2n) is 9.64. The van der Waals surface area contributed by atoms with Crippen molar-refractivity contribution in [1.29, 1.82) is 0 Å². The van der Waals surface area contributed by atoms with Gasteiger partial charge in [-0.05, 0) is 48.9 Å². The molecule has 0 aliphatic carbocycles. The molecule has 3 rings (SSSR count). The third kappa shape index (κ3) is 12.7. The first-order valence-corrected chi connectivity index (χ1v) is 15.4. The van der Waals surface area contributed by atoms with Gasteiger partial charge in [-0.1, -0.05) is 92.7 Å². The lowest BCUT2D eigenvalue weighted by Crippen LogP contribution is -2.38. The summed E-state index contributed by atoms with van der Waals surface area (Å²) in [5.74, 6) is -0.327. The summed E-state index contributed by atoms with van der Waals surface area (Å²) in [4.78, 5) is 31.3. The summed E-state index contributed by atoms with van der Waals surface area (Å²) in [5, 5.41) is 0. The van der Waals surface area contributed by atoms with E-state index < -0.39 is 11.1 Å². The van der Waals surface area contributed by atoms with E-state index in [0.717, 1.165) is 25.7 Å². The molecule has 3 aromatic rings. The second kappa shape index (κ2) is 20.0. The van der Waals surface area contributed by atoms with Crippen molar-refractivity contribution in [3.63, 3.8) is 0 Å². The molecule has 0 saturated heterocycles. The zero-order valence-electron chi connectivity index (χ0n) is 24.9. The van der Waals surface area contributed by atoms with Crippen molar-refractivity contribution in [2.45, 2.75) is 51.3 Å².